The second-order valence-corrected chi connectivity index (χ2v) is 5.11. The van der Waals surface area contributed by atoms with Crippen molar-refractivity contribution in [2.24, 2.45) is 0 Å². The minimum Gasteiger partial charge on any atom is -0.345 e. The van der Waals surface area contributed by atoms with Gasteiger partial charge in [-0.05, 0) is 19.1 Å². The Labute approximate surface area is 135 Å². The highest BCUT2D eigenvalue weighted by molar-refractivity contribution is 5.95. The van der Waals surface area contributed by atoms with E-state index in [0.29, 0.717) is 34.7 Å². The number of hydrogen-bond donors (Lipinski definition) is 2. The maximum Gasteiger partial charge on any atom is 0.344 e. The predicted molar refractivity (Wildman–Crippen MR) is 86.4 cm³/mol. The lowest BCUT2D eigenvalue weighted by molar-refractivity contribution is 0.241. The highest BCUT2D eigenvalue weighted by Gasteiger charge is 2.22. The fourth-order valence-corrected chi connectivity index (χ4v) is 2.56. The standard InChI is InChI=1S/C15H13N7O2/c1-2-16-15(24)22-13-9(8-19-22)12-10(7-18-13)14(23)21(20-12)11-5-3-4-6-17-11/h3-8,18H,2H2,1H3,(H,16,24). The molecule has 0 saturated carbocycles. The van der Waals surface area contributed by atoms with Crippen LogP contribution in [0, 0.1) is 0 Å². The van der Waals surface area contributed by atoms with Gasteiger partial charge in [0.1, 0.15) is 11.3 Å². The molecule has 24 heavy (non-hydrogen) atoms. The predicted octanol–water partition coefficient (Wildman–Crippen LogP) is 0.988. The van der Waals surface area contributed by atoms with Crippen molar-refractivity contribution < 1.29 is 4.79 Å². The Morgan fingerprint density at radius 1 is 1.38 bits per heavy atom. The molecule has 2 aromatic heterocycles. The Hall–Kier alpha value is -3.49. The van der Waals surface area contributed by atoms with Gasteiger partial charge in [0, 0.05) is 18.9 Å². The van der Waals surface area contributed by atoms with Crippen molar-refractivity contribution >= 4 is 17.1 Å². The van der Waals surface area contributed by atoms with Crippen LogP contribution in [-0.4, -0.2) is 42.1 Å². The molecule has 0 saturated heterocycles. The smallest absolute Gasteiger partial charge is 0.344 e. The normalized spacial score (nSPS) is 11.2. The number of fused-ring (bicyclic) bond motifs is 3. The van der Waals surface area contributed by atoms with Crippen molar-refractivity contribution in [3.63, 3.8) is 0 Å². The van der Waals surface area contributed by atoms with Crippen molar-refractivity contribution in [1.29, 1.82) is 0 Å². The molecule has 0 bridgehead atoms. The summed E-state index contributed by atoms with van der Waals surface area (Å²) < 4.78 is 2.45. The number of nitrogens with one attached hydrogen (secondary N) is 2. The fourth-order valence-electron chi connectivity index (χ4n) is 2.56. The van der Waals surface area contributed by atoms with Crippen LogP contribution in [-0.2, 0) is 0 Å². The van der Waals surface area contributed by atoms with Gasteiger partial charge in [0.2, 0.25) is 0 Å². The second-order valence-electron chi connectivity index (χ2n) is 5.11. The van der Waals surface area contributed by atoms with E-state index in [9.17, 15) is 9.59 Å². The van der Waals surface area contributed by atoms with Crippen LogP contribution < -0.4 is 10.9 Å². The lowest BCUT2D eigenvalue weighted by Gasteiger charge is -2.03. The summed E-state index contributed by atoms with van der Waals surface area (Å²) in [6, 6.07) is 4.89. The number of amides is 1. The van der Waals surface area contributed by atoms with E-state index in [1.807, 2.05) is 6.92 Å². The van der Waals surface area contributed by atoms with Gasteiger partial charge in [-0.3, -0.25) is 4.79 Å². The third kappa shape index (κ3) is 1.98. The Kier molecular flexibility index (Phi) is 3.12. The van der Waals surface area contributed by atoms with Crippen LogP contribution in [0.5, 0.6) is 0 Å². The molecule has 0 fully saturated rings. The van der Waals surface area contributed by atoms with E-state index in [0.717, 1.165) is 0 Å². The highest BCUT2D eigenvalue weighted by Crippen LogP contribution is 2.25. The number of aromatic amines is 1. The summed E-state index contributed by atoms with van der Waals surface area (Å²) in [7, 11) is 0. The van der Waals surface area contributed by atoms with Crippen LogP contribution in [0.2, 0.25) is 0 Å². The third-order valence-corrected chi connectivity index (χ3v) is 3.64. The van der Waals surface area contributed by atoms with E-state index in [4.69, 9.17) is 0 Å². The SMILES string of the molecule is CCNC(=O)n1ncc2c3nn(-c4ccccn4)c(=O)c-3c[nH]c21. The highest BCUT2D eigenvalue weighted by atomic mass is 16.2. The molecule has 120 valence electrons. The second kappa shape index (κ2) is 5.30. The Balaban J connectivity index is 1.95. The molecule has 0 unspecified atom stereocenters. The molecule has 2 N–H and O–H groups in total. The van der Waals surface area contributed by atoms with Crippen LogP contribution in [0.25, 0.3) is 28.1 Å². The lowest BCUT2D eigenvalue weighted by Crippen LogP contribution is -2.29. The van der Waals surface area contributed by atoms with Gasteiger partial charge in [-0.2, -0.15) is 19.6 Å². The lowest BCUT2D eigenvalue weighted by atomic mass is 10.2. The van der Waals surface area contributed by atoms with Gasteiger partial charge in [-0.25, -0.2) is 9.78 Å². The monoisotopic (exact) mass is 323 g/mol. The maximum absolute atomic E-state index is 12.5. The molecular formula is C15H13N7O2. The third-order valence-electron chi connectivity index (χ3n) is 3.64. The summed E-state index contributed by atoms with van der Waals surface area (Å²) in [5, 5.41) is 11.7. The molecule has 0 spiro atoms. The van der Waals surface area contributed by atoms with E-state index in [1.54, 1.807) is 24.4 Å². The van der Waals surface area contributed by atoms with E-state index in [-0.39, 0.29) is 11.6 Å². The molecule has 2 aromatic rings. The quantitative estimate of drug-likeness (QED) is 0.571. The molecule has 2 aliphatic heterocycles. The van der Waals surface area contributed by atoms with E-state index < -0.39 is 0 Å². The molecule has 4 heterocycles. The van der Waals surface area contributed by atoms with Crippen LogP contribution in [0.3, 0.4) is 0 Å². The first-order valence-electron chi connectivity index (χ1n) is 7.38. The summed E-state index contributed by atoms with van der Waals surface area (Å²) in [5.41, 5.74) is 1.06. The maximum atomic E-state index is 12.5. The fraction of sp³-hybridized carbons (Fsp3) is 0.133. The molecule has 0 atom stereocenters. The number of carbonyl (C=O) groups excluding carboxylic acids is 1. The van der Waals surface area contributed by atoms with Crippen LogP contribution >= 0.6 is 0 Å². The number of carbonyl (C=O) groups is 1. The zero-order chi connectivity index (χ0) is 16.7. The first-order valence-corrected chi connectivity index (χ1v) is 7.38. The Bertz CT molecular complexity index is 1060. The minimum absolute atomic E-state index is 0.285. The summed E-state index contributed by atoms with van der Waals surface area (Å²) in [5.74, 6) is 0.433. The molecule has 1 amide bonds. The van der Waals surface area contributed by atoms with Crippen LogP contribution in [0.1, 0.15) is 6.92 Å². The average Bonchev–Trinajstić information content (AvgIpc) is 3.17. The molecule has 9 nitrogen and oxygen atoms in total. The number of aromatic nitrogens is 6. The molecule has 4 rings (SSSR count). The van der Waals surface area contributed by atoms with Crippen molar-refractivity contribution in [2.45, 2.75) is 6.92 Å². The van der Waals surface area contributed by atoms with E-state index >= 15 is 0 Å². The molecule has 2 aliphatic rings. The Morgan fingerprint density at radius 3 is 3.00 bits per heavy atom. The molecule has 0 aliphatic carbocycles. The topological polar surface area (TPSA) is 110 Å². The van der Waals surface area contributed by atoms with Crippen molar-refractivity contribution in [1.82, 2.24) is 34.8 Å². The van der Waals surface area contributed by atoms with Crippen LogP contribution in [0.15, 0.2) is 41.6 Å². The van der Waals surface area contributed by atoms with Gasteiger partial charge in [-0.15, -0.1) is 0 Å². The van der Waals surface area contributed by atoms with E-state index in [2.05, 4.69) is 25.5 Å². The first-order chi connectivity index (χ1) is 11.7. The largest absolute Gasteiger partial charge is 0.345 e. The molecule has 0 aromatic carbocycles. The zero-order valence-corrected chi connectivity index (χ0v) is 12.7. The van der Waals surface area contributed by atoms with Gasteiger partial charge in [0.15, 0.2) is 5.82 Å². The average molecular weight is 323 g/mol. The van der Waals surface area contributed by atoms with Crippen molar-refractivity contribution in [3.8, 4) is 17.1 Å². The zero-order valence-electron chi connectivity index (χ0n) is 12.7. The van der Waals surface area contributed by atoms with Crippen molar-refractivity contribution in [3.05, 3.63) is 47.1 Å². The van der Waals surface area contributed by atoms with Crippen molar-refractivity contribution in [2.75, 3.05) is 6.54 Å². The molecular weight excluding hydrogens is 310 g/mol. The van der Waals surface area contributed by atoms with Gasteiger partial charge < -0.3 is 10.3 Å². The number of rotatable bonds is 2. The minimum atomic E-state index is -0.352. The summed E-state index contributed by atoms with van der Waals surface area (Å²) in [6.45, 7) is 2.31. The summed E-state index contributed by atoms with van der Waals surface area (Å²) in [6.07, 6.45) is 4.64. The van der Waals surface area contributed by atoms with Gasteiger partial charge in [0.25, 0.3) is 5.56 Å². The number of pyridine rings is 2. The molecule has 9 heteroatoms. The Morgan fingerprint density at radius 2 is 2.25 bits per heavy atom. The number of H-pyrrole nitrogens is 1. The molecule has 0 radical (unpaired) electrons. The number of hydrogen-bond acceptors (Lipinski definition) is 5. The number of nitrogens with zero attached hydrogens (tertiary/aromatic N) is 5. The van der Waals surface area contributed by atoms with Gasteiger partial charge in [0.05, 0.1) is 17.1 Å². The van der Waals surface area contributed by atoms with Gasteiger partial charge >= 0.3 is 6.03 Å². The van der Waals surface area contributed by atoms with E-state index in [1.165, 1.54) is 21.8 Å². The first kappa shape index (κ1) is 14.1. The summed E-state index contributed by atoms with van der Waals surface area (Å²) in [4.78, 5) is 31.7. The summed E-state index contributed by atoms with van der Waals surface area (Å²) >= 11 is 0. The van der Waals surface area contributed by atoms with Crippen LogP contribution in [0.4, 0.5) is 4.79 Å². The van der Waals surface area contributed by atoms with Gasteiger partial charge in [-0.1, -0.05) is 6.07 Å².